The van der Waals surface area contributed by atoms with Crippen molar-refractivity contribution < 1.29 is 4.74 Å². The fourth-order valence-corrected chi connectivity index (χ4v) is 1.97. The van der Waals surface area contributed by atoms with Crippen LogP contribution in [0, 0.1) is 0 Å². The van der Waals surface area contributed by atoms with Crippen LogP contribution < -0.4 is 16.2 Å². The molecule has 0 spiro atoms. The number of anilines is 1. The molecule has 18 heavy (non-hydrogen) atoms. The molecule has 0 bridgehead atoms. The molecule has 1 aromatic heterocycles. The Balaban J connectivity index is 2.24. The lowest BCUT2D eigenvalue weighted by molar-refractivity contribution is 0.0462. The first-order valence-corrected chi connectivity index (χ1v) is 6.28. The highest BCUT2D eigenvalue weighted by Gasteiger charge is 2.21. The maximum Gasteiger partial charge on any atom is 0.252 e. The Morgan fingerprint density at radius 1 is 1.67 bits per heavy atom. The van der Waals surface area contributed by atoms with E-state index in [1.165, 1.54) is 6.07 Å². The molecule has 3 N–H and O–H groups in total. The van der Waals surface area contributed by atoms with Crippen LogP contribution in [0.2, 0.25) is 0 Å². The van der Waals surface area contributed by atoms with Crippen LogP contribution in [0.25, 0.3) is 0 Å². The van der Waals surface area contributed by atoms with Gasteiger partial charge in [-0.3, -0.25) is 4.79 Å². The minimum absolute atomic E-state index is 0.0161. The average Bonchev–Trinajstić information content (AvgIpc) is 2.38. The summed E-state index contributed by atoms with van der Waals surface area (Å²) in [4.78, 5) is 21.0. The van der Waals surface area contributed by atoms with Crippen molar-refractivity contribution >= 4 is 5.82 Å². The van der Waals surface area contributed by atoms with Gasteiger partial charge in [-0.15, -0.1) is 0 Å². The van der Waals surface area contributed by atoms with E-state index in [0.717, 1.165) is 6.54 Å². The molecular formula is C12H20N4O2. The zero-order valence-corrected chi connectivity index (χ0v) is 10.8. The molecule has 6 nitrogen and oxygen atoms in total. The second kappa shape index (κ2) is 5.49. The maximum absolute atomic E-state index is 11.6. The number of nitrogens with one attached hydrogen (secondary N) is 1. The molecule has 1 aliphatic heterocycles. The molecule has 6 heteroatoms. The molecule has 2 heterocycles. The molecule has 2 rings (SSSR count). The number of ether oxygens (including phenoxy) is 1. The lowest BCUT2D eigenvalue weighted by atomic mass is 10.2. The maximum atomic E-state index is 11.6. The Bertz CT molecular complexity index is 458. The summed E-state index contributed by atoms with van der Waals surface area (Å²) in [6.07, 6.45) is 0.0161. The quantitative estimate of drug-likeness (QED) is 0.794. The molecule has 0 amide bonds. The molecule has 1 saturated heterocycles. The number of rotatable bonds is 3. The van der Waals surface area contributed by atoms with Crippen LogP contribution in [0.5, 0.6) is 0 Å². The number of morpholine rings is 1. The molecule has 0 aromatic carbocycles. The molecule has 1 fully saturated rings. The van der Waals surface area contributed by atoms with Crippen LogP contribution in [-0.2, 0) is 4.74 Å². The van der Waals surface area contributed by atoms with E-state index >= 15 is 0 Å². The topological polar surface area (TPSA) is 84.2 Å². The summed E-state index contributed by atoms with van der Waals surface area (Å²) in [7, 11) is 0. The number of aromatic amines is 1. The van der Waals surface area contributed by atoms with Crippen molar-refractivity contribution in [3.63, 3.8) is 0 Å². The van der Waals surface area contributed by atoms with E-state index in [4.69, 9.17) is 10.5 Å². The minimum Gasteiger partial charge on any atom is -0.373 e. The van der Waals surface area contributed by atoms with Gasteiger partial charge in [0.1, 0.15) is 11.6 Å². The van der Waals surface area contributed by atoms with Gasteiger partial charge in [0.15, 0.2) is 0 Å². The lowest BCUT2D eigenvalue weighted by Gasteiger charge is -2.33. The molecule has 100 valence electrons. The van der Waals surface area contributed by atoms with Gasteiger partial charge in [-0.25, -0.2) is 4.98 Å². The first-order chi connectivity index (χ1) is 8.60. The SMILES string of the molecule is CC(C)c1nc(N2CCOC(CN)C2)cc(=O)[nH]1. The molecule has 0 aliphatic carbocycles. The molecule has 1 aromatic rings. The van der Waals surface area contributed by atoms with E-state index in [1.54, 1.807) is 0 Å². The summed E-state index contributed by atoms with van der Waals surface area (Å²) >= 11 is 0. The Hall–Kier alpha value is -1.40. The second-order valence-corrected chi connectivity index (χ2v) is 4.82. The van der Waals surface area contributed by atoms with Gasteiger partial charge in [0, 0.05) is 31.6 Å². The van der Waals surface area contributed by atoms with Crippen LogP contribution in [0.15, 0.2) is 10.9 Å². The van der Waals surface area contributed by atoms with Gasteiger partial charge < -0.3 is 20.4 Å². The van der Waals surface area contributed by atoms with Crippen molar-refractivity contribution in [2.24, 2.45) is 5.73 Å². The fraction of sp³-hybridized carbons (Fsp3) is 0.667. The molecule has 1 unspecified atom stereocenters. The number of nitrogens with zero attached hydrogens (tertiary/aromatic N) is 2. The van der Waals surface area contributed by atoms with Gasteiger partial charge >= 0.3 is 0 Å². The number of nitrogens with two attached hydrogens (primary N) is 1. The van der Waals surface area contributed by atoms with Crippen molar-refractivity contribution in [2.75, 3.05) is 31.1 Å². The zero-order valence-electron chi connectivity index (χ0n) is 10.8. The summed E-state index contributed by atoms with van der Waals surface area (Å²) in [6.45, 7) is 6.53. The van der Waals surface area contributed by atoms with Crippen molar-refractivity contribution in [1.82, 2.24) is 9.97 Å². The third-order valence-electron chi connectivity index (χ3n) is 3.02. The second-order valence-electron chi connectivity index (χ2n) is 4.82. The third-order valence-corrected chi connectivity index (χ3v) is 3.02. The predicted molar refractivity (Wildman–Crippen MR) is 70.0 cm³/mol. The van der Waals surface area contributed by atoms with E-state index in [-0.39, 0.29) is 17.6 Å². The van der Waals surface area contributed by atoms with Crippen LogP contribution in [0.1, 0.15) is 25.6 Å². The summed E-state index contributed by atoms with van der Waals surface area (Å²) in [5.74, 6) is 1.63. The molecule has 0 radical (unpaired) electrons. The van der Waals surface area contributed by atoms with Gasteiger partial charge in [0.2, 0.25) is 0 Å². The molecular weight excluding hydrogens is 232 g/mol. The van der Waals surface area contributed by atoms with Gasteiger partial charge in [0.25, 0.3) is 5.56 Å². The highest BCUT2D eigenvalue weighted by Crippen LogP contribution is 2.15. The van der Waals surface area contributed by atoms with E-state index in [2.05, 4.69) is 14.9 Å². The van der Waals surface area contributed by atoms with Gasteiger partial charge in [-0.05, 0) is 0 Å². The monoisotopic (exact) mass is 252 g/mol. The zero-order chi connectivity index (χ0) is 13.1. The normalized spacial score (nSPS) is 20.4. The highest BCUT2D eigenvalue weighted by atomic mass is 16.5. The van der Waals surface area contributed by atoms with E-state index in [0.29, 0.717) is 31.3 Å². The largest absolute Gasteiger partial charge is 0.373 e. The van der Waals surface area contributed by atoms with Gasteiger partial charge in [-0.1, -0.05) is 13.8 Å². The summed E-state index contributed by atoms with van der Waals surface area (Å²) < 4.78 is 5.51. The van der Waals surface area contributed by atoms with Crippen molar-refractivity contribution in [3.8, 4) is 0 Å². The van der Waals surface area contributed by atoms with E-state index < -0.39 is 0 Å². The van der Waals surface area contributed by atoms with E-state index in [9.17, 15) is 4.79 Å². The molecule has 1 atom stereocenters. The lowest BCUT2D eigenvalue weighted by Crippen LogP contribution is -2.46. The van der Waals surface area contributed by atoms with Crippen LogP contribution in [0.3, 0.4) is 0 Å². The summed E-state index contributed by atoms with van der Waals surface area (Å²) in [5.41, 5.74) is 5.50. The Morgan fingerprint density at radius 3 is 3.11 bits per heavy atom. The molecule has 0 saturated carbocycles. The smallest absolute Gasteiger partial charge is 0.252 e. The number of H-pyrrole nitrogens is 1. The number of hydrogen-bond donors (Lipinski definition) is 2. The standard InChI is InChI=1S/C12H20N4O2/c1-8(2)12-14-10(5-11(17)15-12)16-3-4-18-9(6-13)7-16/h5,8-9H,3-4,6-7,13H2,1-2H3,(H,14,15,17). The van der Waals surface area contributed by atoms with Crippen molar-refractivity contribution in [3.05, 3.63) is 22.2 Å². The minimum atomic E-state index is -0.112. The van der Waals surface area contributed by atoms with E-state index in [1.807, 2.05) is 13.8 Å². The summed E-state index contributed by atoms with van der Waals surface area (Å²) in [6, 6.07) is 1.53. The van der Waals surface area contributed by atoms with Gasteiger partial charge in [-0.2, -0.15) is 0 Å². The first-order valence-electron chi connectivity index (χ1n) is 6.28. The Morgan fingerprint density at radius 2 is 2.44 bits per heavy atom. The number of hydrogen-bond acceptors (Lipinski definition) is 5. The highest BCUT2D eigenvalue weighted by molar-refractivity contribution is 5.38. The van der Waals surface area contributed by atoms with Gasteiger partial charge in [0.05, 0.1) is 12.7 Å². The third kappa shape index (κ3) is 2.88. The van der Waals surface area contributed by atoms with Crippen LogP contribution in [0.4, 0.5) is 5.82 Å². The van der Waals surface area contributed by atoms with Crippen LogP contribution >= 0.6 is 0 Å². The average molecular weight is 252 g/mol. The number of aromatic nitrogens is 2. The fourth-order valence-electron chi connectivity index (χ4n) is 1.97. The van der Waals surface area contributed by atoms with Crippen LogP contribution in [-0.4, -0.2) is 42.3 Å². The Kier molecular flexibility index (Phi) is 3.98. The first kappa shape index (κ1) is 13.0. The predicted octanol–water partition coefficient (Wildman–Crippen LogP) is 0.0572. The molecule has 1 aliphatic rings. The summed E-state index contributed by atoms with van der Waals surface area (Å²) in [5, 5.41) is 0. The van der Waals surface area contributed by atoms with Crippen molar-refractivity contribution in [2.45, 2.75) is 25.9 Å². The van der Waals surface area contributed by atoms with Crippen molar-refractivity contribution in [1.29, 1.82) is 0 Å². The Labute approximate surface area is 106 Å².